The van der Waals surface area contributed by atoms with E-state index in [2.05, 4.69) is 6.92 Å². The van der Waals surface area contributed by atoms with Gasteiger partial charge >= 0.3 is 0 Å². The summed E-state index contributed by atoms with van der Waals surface area (Å²) >= 11 is 1.41. The summed E-state index contributed by atoms with van der Waals surface area (Å²) in [7, 11) is 0. The zero-order chi connectivity index (χ0) is 17.4. The summed E-state index contributed by atoms with van der Waals surface area (Å²) in [6.45, 7) is 3.87. The Morgan fingerprint density at radius 1 is 1.16 bits per heavy atom. The van der Waals surface area contributed by atoms with E-state index in [4.69, 9.17) is 10.7 Å². The predicted molar refractivity (Wildman–Crippen MR) is 104 cm³/mol. The fourth-order valence-electron chi connectivity index (χ4n) is 3.28. The van der Waals surface area contributed by atoms with Crippen molar-refractivity contribution in [1.82, 2.24) is 9.88 Å². The van der Waals surface area contributed by atoms with Gasteiger partial charge in [0.25, 0.3) is 5.91 Å². The number of carbonyl (C=O) groups is 1. The molecule has 2 N–H and O–H groups in total. The van der Waals surface area contributed by atoms with Crippen molar-refractivity contribution in [2.45, 2.75) is 19.8 Å². The number of rotatable bonds is 2. The molecule has 2 aromatic heterocycles. The highest BCUT2D eigenvalue weighted by Gasteiger charge is 2.25. The minimum Gasteiger partial charge on any atom is -0.397 e. The molecule has 0 atom stereocenters. The van der Waals surface area contributed by atoms with E-state index in [1.54, 1.807) is 0 Å². The van der Waals surface area contributed by atoms with E-state index in [0.29, 0.717) is 16.5 Å². The van der Waals surface area contributed by atoms with E-state index in [9.17, 15) is 4.79 Å². The number of nitrogens with zero attached hydrogens (tertiary/aromatic N) is 2. The van der Waals surface area contributed by atoms with Gasteiger partial charge < -0.3 is 10.6 Å². The number of anilines is 1. The number of aromatic nitrogens is 1. The Bertz CT molecular complexity index is 911. The van der Waals surface area contributed by atoms with Gasteiger partial charge in [-0.25, -0.2) is 4.98 Å². The number of hydrogen-bond acceptors (Lipinski definition) is 4. The molecule has 1 aliphatic rings. The molecule has 1 aliphatic heterocycles. The summed E-state index contributed by atoms with van der Waals surface area (Å²) < 4.78 is 0. The number of hydrogen-bond donors (Lipinski definition) is 1. The van der Waals surface area contributed by atoms with E-state index in [0.717, 1.165) is 47.4 Å². The monoisotopic (exact) mass is 351 g/mol. The highest BCUT2D eigenvalue weighted by molar-refractivity contribution is 7.21. The van der Waals surface area contributed by atoms with Crippen molar-refractivity contribution in [3.05, 3.63) is 47.3 Å². The van der Waals surface area contributed by atoms with Gasteiger partial charge in [-0.15, -0.1) is 11.3 Å². The second kappa shape index (κ2) is 6.48. The van der Waals surface area contributed by atoms with Gasteiger partial charge in [0.15, 0.2) is 0 Å². The molecule has 0 aliphatic carbocycles. The van der Waals surface area contributed by atoms with Crippen LogP contribution in [0.15, 0.2) is 42.5 Å². The Kier molecular flexibility index (Phi) is 4.17. The van der Waals surface area contributed by atoms with Crippen molar-refractivity contribution < 1.29 is 4.79 Å². The van der Waals surface area contributed by atoms with Crippen LogP contribution in [0.4, 0.5) is 5.69 Å². The molecule has 0 unspecified atom stereocenters. The molecular weight excluding hydrogens is 330 g/mol. The molecule has 25 heavy (non-hydrogen) atoms. The number of nitrogens with two attached hydrogens (primary N) is 1. The molecule has 0 spiro atoms. The molecule has 1 fully saturated rings. The van der Waals surface area contributed by atoms with Crippen LogP contribution in [-0.2, 0) is 0 Å². The second-order valence-corrected chi connectivity index (χ2v) is 7.73. The van der Waals surface area contributed by atoms with Crippen molar-refractivity contribution >= 4 is 33.1 Å². The number of benzene rings is 1. The molecule has 0 bridgehead atoms. The maximum Gasteiger partial charge on any atom is 0.266 e. The lowest BCUT2D eigenvalue weighted by atomic mass is 9.99. The number of amides is 1. The summed E-state index contributed by atoms with van der Waals surface area (Å²) in [6.07, 6.45) is 2.12. The Morgan fingerprint density at radius 3 is 2.60 bits per heavy atom. The number of fused-ring (bicyclic) bond motifs is 1. The first kappa shape index (κ1) is 16.1. The standard InChI is InChI=1S/C20H21N3OS/c1-13-9-11-23(12-10-13)20(24)18-17(21)15-7-8-16(22-19(15)25-18)14-5-3-2-4-6-14/h2-8,13H,9-12,21H2,1H3. The summed E-state index contributed by atoms with van der Waals surface area (Å²) in [4.78, 5) is 21.0. The van der Waals surface area contributed by atoms with Gasteiger partial charge in [-0.05, 0) is 30.9 Å². The van der Waals surface area contributed by atoms with Crippen LogP contribution in [0.5, 0.6) is 0 Å². The minimum absolute atomic E-state index is 0.0497. The molecule has 5 heteroatoms. The first-order valence-corrected chi connectivity index (χ1v) is 9.49. The smallest absolute Gasteiger partial charge is 0.266 e. The van der Waals surface area contributed by atoms with Crippen molar-refractivity contribution in [2.24, 2.45) is 5.92 Å². The van der Waals surface area contributed by atoms with Gasteiger partial charge in [0.05, 0.1) is 11.4 Å². The molecule has 1 aromatic carbocycles. The second-order valence-electron chi connectivity index (χ2n) is 6.73. The van der Waals surface area contributed by atoms with E-state index >= 15 is 0 Å². The van der Waals surface area contributed by atoms with Crippen LogP contribution >= 0.6 is 11.3 Å². The van der Waals surface area contributed by atoms with Gasteiger partial charge in [-0.3, -0.25) is 4.79 Å². The van der Waals surface area contributed by atoms with Gasteiger partial charge in [0, 0.05) is 24.0 Å². The van der Waals surface area contributed by atoms with E-state index < -0.39 is 0 Å². The molecule has 3 aromatic rings. The Hall–Kier alpha value is -2.40. The van der Waals surface area contributed by atoms with Crippen molar-refractivity contribution in [2.75, 3.05) is 18.8 Å². The van der Waals surface area contributed by atoms with Crippen LogP contribution in [0.3, 0.4) is 0 Å². The maximum absolute atomic E-state index is 12.9. The van der Waals surface area contributed by atoms with Crippen LogP contribution < -0.4 is 5.73 Å². The number of thiophene rings is 1. The number of nitrogen functional groups attached to an aromatic ring is 1. The van der Waals surface area contributed by atoms with Crippen LogP contribution in [-0.4, -0.2) is 28.9 Å². The van der Waals surface area contributed by atoms with Crippen molar-refractivity contribution in [3.63, 3.8) is 0 Å². The normalized spacial score (nSPS) is 15.6. The zero-order valence-corrected chi connectivity index (χ0v) is 15.1. The Labute approximate surface area is 151 Å². The Balaban J connectivity index is 1.69. The highest BCUT2D eigenvalue weighted by atomic mass is 32.1. The van der Waals surface area contributed by atoms with Crippen molar-refractivity contribution in [3.8, 4) is 11.3 Å². The van der Waals surface area contributed by atoms with Gasteiger partial charge in [0.1, 0.15) is 9.71 Å². The molecule has 1 saturated heterocycles. The molecule has 128 valence electrons. The van der Waals surface area contributed by atoms with E-state index in [1.165, 1.54) is 11.3 Å². The summed E-state index contributed by atoms with van der Waals surface area (Å²) in [6, 6.07) is 14.0. The van der Waals surface area contributed by atoms with Gasteiger partial charge in [0.2, 0.25) is 0 Å². The molecule has 0 radical (unpaired) electrons. The largest absolute Gasteiger partial charge is 0.397 e. The van der Waals surface area contributed by atoms with Gasteiger partial charge in [-0.1, -0.05) is 37.3 Å². The van der Waals surface area contributed by atoms with Crippen LogP contribution in [0, 0.1) is 5.92 Å². The molecule has 4 rings (SSSR count). The first-order chi connectivity index (χ1) is 12.1. The number of carbonyl (C=O) groups excluding carboxylic acids is 1. The Morgan fingerprint density at radius 2 is 1.88 bits per heavy atom. The number of pyridine rings is 1. The third-order valence-corrected chi connectivity index (χ3v) is 6.03. The SMILES string of the molecule is CC1CCN(C(=O)c2sc3nc(-c4ccccc4)ccc3c2N)CC1. The quantitative estimate of drug-likeness (QED) is 0.743. The highest BCUT2D eigenvalue weighted by Crippen LogP contribution is 2.35. The van der Waals surface area contributed by atoms with Crippen LogP contribution in [0.25, 0.3) is 21.5 Å². The molecular formula is C20H21N3OS. The number of likely N-dealkylation sites (tertiary alicyclic amines) is 1. The topological polar surface area (TPSA) is 59.2 Å². The van der Waals surface area contributed by atoms with Crippen LogP contribution in [0.2, 0.25) is 0 Å². The summed E-state index contributed by atoms with van der Waals surface area (Å²) in [5.41, 5.74) is 8.82. The lowest BCUT2D eigenvalue weighted by molar-refractivity contribution is 0.0703. The zero-order valence-electron chi connectivity index (χ0n) is 14.2. The van der Waals surface area contributed by atoms with Crippen molar-refractivity contribution in [1.29, 1.82) is 0 Å². The fourth-order valence-corrected chi connectivity index (χ4v) is 4.34. The average molecular weight is 351 g/mol. The third kappa shape index (κ3) is 3.00. The maximum atomic E-state index is 12.9. The molecule has 3 heterocycles. The molecule has 0 saturated carbocycles. The third-order valence-electron chi connectivity index (χ3n) is 4.93. The lowest BCUT2D eigenvalue weighted by Crippen LogP contribution is -2.37. The lowest BCUT2D eigenvalue weighted by Gasteiger charge is -2.30. The number of piperidine rings is 1. The van der Waals surface area contributed by atoms with Crippen LogP contribution in [0.1, 0.15) is 29.4 Å². The molecule has 1 amide bonds. The fraction of sp³-hybridized carbons (Fsp3) is 0.300. The molecule has 4 nitrogen and oxygen atoms in total. The average Bonchev–Trinajstić information content (AvgIpc) is 2.98. The van der Waals surface area contributed by atoms with E-state index in [-0.39, 0.29) is 5.91 Å². The minimum atomic E-state index is 0.0497. The first-order valence-electron chi connectivity index (χ1n) is 8.67. The van der Waals surface area contributed by atoms with E-state index in [1.807, 2.05) is 47.4 Å². The summed E-state index contributed by atoms with van der Waals surface area (Å²) in [5.74, 6) is 0.743. The summed E-state index contributed by atoms with van der Waals surface area (Å²) in [5, 5.41) is 0.874. The predicted octanol–water partition coefficient (Wildman–Crippen LogP) is 4.42. The van der Waals surface area contributed by atoms with Gasteiger partial charge in [-0.2, -0.15) is 0 Å².